The van der Waals surface area contributed by atoms with Crippen LogP contribution in [-0.4, -0.2) is 93.4 Å². The molecular weight excluding hydrogens is 532 g/mol. The number of carbonyl (C=O) groups is 2. The third-order valence-electron chi connectivity index (χ3n) is 6.12. The van der Waals surface area contributed by atoms with E-state index in [0.29, 0.717) is 43.3 Å². The average Bonchev–Trinajstić information content (AvgIpc) is 3.53. The molecule has 3 aromatic rings. The molecule has 0 aliphatic rings. The van der Waals surface area contributed by atoms with Crippen LogP contribution in [0.15, 0.2) is 55.0 Å². The number of nitrogens with one attached hydrogen (secondary N) is 3. The second-order valence-corrected chi connectivity index (χ2v) is 9.86. The Morgan fingerprint density at radius 2 is 1.93 bits per heavy atom. The van der Waals surface area contributed by atoms with Gasteiger partial charge in [-0.3, -0.25) is 9.59 Å². The Morgan fingerprint density at radius 3 is 2.67 bits per heavy atom. The average molecular weight is 573 g/mol. The van der Waals surface area contributed by atoms with Crippen LogP contribution in [-0.2, 0) is 9.59 Å². The predicted molar refractivity (Wildman–Crippen MR) is 165 cm³/mol. The Hall–Kier alpha value is -4.76. The van der Waals surface area contributed by atoms with E-state index in [-0.39, 0.29) is 11.8 Å². The number of hydrogen-bond donors (Lipinski definition) is 3. The summed E-state index contributed by atoms with van der Waals surface area (Å²) in [6, 6.07) is 7.07. The van der Waals surface area contributed by atoms with E-state index in [1.807, 2.05) is 43.3 Å². The van der Waals surface area contributed by atoms with Crippen molar-refractivity contribution in [1.82, 2.24) is 40.1 Å². The van der Waals surface area contributed by atoms with Gasteiger partial charge in [-0.1, -0.05) is 30.9 Å². The molecule has 3 N–H and O–H groups in total. The zero-order valence-electron chi connectivity index (χ0n) is 25.0. The fraction of sp³-hybridized carbons (Fsp3) is 0.400. The highest BCUT2D eigenvalue weighted by atomic mass is 16.2. The van der Waals surface area contributed by atoms with E-state index < -0.39 is 6.04 Å². The minimum absolute atomic E-state index is 0.200. The van der Waals surface area contributed by atoms with Crippen LogP contribution in [0.25, 0.3) is 5.69 Å². The molecule has 3 rings (SSSR count). The Bertz CT molecular complexity index is 1390. The number of carbonyl (C=O) groups excluding carboxylic acids is 2. The largest absolute Gasteiger partial charge is 0.369 e. The number of amides is 2. The lowest BCUT2D eigenvalue weighted by Gasteiger charge is -2.23. The summed E-state index contributed by atoms with van der Waals surface area (Å²) in [5.41, 5.74) is 2.32. The minimum atomic E-state index is -0.575. The van der Waals surface area contributed by atoms with Crippen molar-refractivity contribution in [2.24, 2.45) is 0 Å². The molecule has 1 atom stereocenters. The Balaban J connectivity index is 1.53. The second kappa shape index (κ2) is 16.5. The van der Waals surface area contributed by atoms with E-state index in [0.717, 1.165) is 24.3 Å². The molecule has 12 nitrogen and oxygen atoms in total. The highest BCUT2D eigenvalue weighted by Crippen LogP contribution is 2.19. The van der Waals surface area contributed by atoms with Crippen molar-refractivity contribution in [2.75, 3.05) is 51.4 Å². The van der Waals surface area contributed by atoms with Gasteiger partial charge in [-0.15, -0.1) is 0 Å². The van der Waals surface area contributed by atoms with Gasteiger partial charge in [-0.2, -0.15) is 20.0 Å². The van der Waals surface area contributed by atoms with Crippen LogP contribution in [0.3, 0.4) is 0 Å². The summed E-state index contributed by atoms with van der Waals surface area (Å²) in [5, 5.41) is 17.8. The summed E-state index contributed by atoms with van der Waals surface area (Å²) in [4.78, 5) is 38.8. The fourth-order valence-corrected chi connectivity index (χ4v) is 3.64. The molecule has 2 heterocycles. The van der Waals surface area contributed by atoms with Gasteiger partial charge in [0.1, 0.15) is 11.9 Å². The molecule has 0 saturated heterocycles. The van der Waals surface area contributed by atoms with Crippen molar-refractivity contribution in [3.8, 4) is 17.5 Å². The van der Waals surface area contributed by atoms with Crippen LogP contribution < -0.4 is 16.0 Å². The van der Waals surface area contributed by atoms with Gasteiger partial charge in [0, 0.05) is 44.9 Å². The Kier molecular flexibility index (Phi) is 12.5. The maximum absolute atomic E-state index is 12.5. The van der Waals surface area contributed by atoms with Crippen LogP contribution in [0.4, 0.5) is 17.5 Å². The Labute approximate surface area is 247 Å². The van der Waals surface area contributed by atoms with Crippen molar-refractivity contribution < 1.29 is 9.59 Å². The summed E-state index contributed by atoms with van der Waals surface area (Å²) >= 11 is 0. The maximum Gasteiger partial charge on any atom is 0.246 e. The fourth-order valence-electron chi connectivity index (χ4n) is 3.64. The number of rotatable bonds is 14. The van der Waals surface area contributed by atoms with Crippen LogP contribution >= 0.6 is 0 Å². The van der Waals surface area contributed by atoms with Gasteiger partial charge in [-0.25, -0.2) is 4.98 Å². The SMILES string of the molecule is CCCNc1nc(Nc2cccc(-n3nccn3)c2)ncc1C#CCCCNC(=O)[C@H](C)N(C)C(=O)C=CCN(C)C. The van der Waals surface area contributed by atoms with Gasteiger partial charge < -0.3 is 25.8 Å². The molecule has 0 saturated carbocycles. The van der Waals surface area contributed by atoms with Gasteiger partial charge in [-0.05, 0) is 52.1 Å². The van der Waals surface area contributed by atoms with E-state index in [4.69, 9.17) is 0 Å². The monoisotopic (exact) mass is 572 g/mol. The second-order valence-electron chi connectivity index (χ2n) is 9.86. The van der Waals surface area contributed by atoms with Gasteiger partial charge in [0.05, 0.1) is 29.8 Å². The predicted octanol–water partition coefficient (Wildman–Crippen LogP) is 2.84. The standard InChI is InChI=1S/C30H40N10O2/c1-6-16-31-28-24(22-33-30(37-28)36-25-13-10-14-26(21-25)40-34-18-19-35-40)12-8-7-9-17-32-29(42)23(2)39(5)27(41)15-11-20-38(3)4/h10-11,13-15,18-19,21-23H,6-7,9,16-17,20H2,1-5H3,(H,32,42)(H2,31,33,36,37)/t23-/m0/s1. The van der Waals surface area contributed by atoms with Crippen molar-refractivity contribution in [1.29, 1.82) is 0 Å². The van der Waals surface area contributed by atoms with Crippen LogP contribution in [0, 0.1) is 11.8 Å². The highest BCUT2D eigenvalue weighted by molar-refractivity contribution is 5.92. The summed E-state index contributed by atoms with van der Waals surface area (Å²) in [6.45, 7) is 5.66. The smallest absolute Gasteiger partial charge is 0.246 e. The van der Waals surface area contributed by atoms with E-state index >= 15 is 0 Å². The molecule has 0 bridgehead atoms. The van der Waals surface area contributed by atoms with E-state index in [2.05, 4.69) is 54.9 Å². The van der Waals surface area contributed by atoms with Crippen molar-refractivity contribution in [3.05, 3.63) is 60.6 Å². The molecule has 0 unspecified atom stereocenters. The van der Waals surface area contributed by atoms with Gasteiger partial charge in [0.25, 0.3) is 0 Å². The number of likely N-dealkylation sites (N-methyl/N-ethyl adjacent to an activating group) is 2. The van der Waals surface area contributed by atoms with Crippen LogP contribution in [0.1, 0.15) is 38.7 Å². The molecule has 0 spiro atoms. The molecule has 0 fully saturated rings. The first-order valence-corrected chi connectivity index (χ1v) is 14.0. The maximum atomic E-state index is 12.5. The van der Waals surface area contributed by atoms with Gasteiger partial charge in [0.2, 0.25) is 17.8 Å². The van der Waals surface area contributed by atoms with Crippen LogP contribution in [0.2, 0.25) is 0 Å². The minimum Gasteiger partial charge on any atom is -0.369 e. The van der Waals surface area contributed by atoms with E-state index in [1.54, 1.807) is 38.6 Å². The number of benzene rings is 1. The number of hydrogen-bond acceptors (Lipinski definition) is 9. The first-order chi connectivity index (χ1) is 20.3. The summed E-state index contributed by atoms with van der Waals surface area (Å²) < 4.78 is 0. The third kappa shape index (κ3) is 10.0. The number of unbranched alkanes of at least 4 members (excludes halogenated alkanes) is 1. The van der Waals surface area contributed by atoms with E-state index in [1.165, 1.54) is 15.8 Å². The zero-order valence-corrected chi connectivity index (χ0v) is 25.0. The van der Waals surface area contributed by atoms with Crippen molar-refractivity contribution >= 4 is 29.3 Å². The topological polar surface area (TPSA) is 133 Å². The lowest BCUT2D eigenvalue weighted by molar-refractivity contribution is -0.135. The molecule has 222 valence electrons. The van der Waals surface area contributed by atoms with Crippen molar-refractivity contribution in [3.63, 3.8) is 0 Å². The lowest BCUT2D eigenvalue weighted by atomic mass is 10.2. The molecule has 1 aromatic carbocycles. The molecule has 0 radical (unpaired) electrons. The number of nitrogens with zero attached hydrogens (tertiary/aromatic N) is 7. The van der Waals surface area contributed by atoms with Crippen LogP contribution in [0.5, 0.6) is 0 Å². The molecule has 42 heavy (non-hydrogen) atoms. The lowest BCUT2D eigenvalue weighted by Crippen LogP contribution is -2.45. The van der Waals surface area contributed by atoms with Crippen molar-refractivity contribution in [2.45, 2.75) is 39.2 Å². The molecule has 12 heteroatoms. The molecule has 2 aromatic heterocycles. The quantitative estimate of drug-likeness (QED) is 0.151. The number of aromatic nitrogens is 5. The summed E-state index contributed by atoms with van der Waals surface area (Å²) in [6.07, 6.45) is 10.4. The normalized spacial score (nSPS) is 11.6. The van der Waals surface area contributed by atoms with Gasteiger partial charge in [0.15, 0.2) is 0 Å². The third-order valence-corrected chi connectivity index (χ3v) is 6.12. The Morgan fingerprint density at radius 1 is 1.14 bits per heavy atom. The zero-order chi connectivity index (χ0) is 30.3. The first-order valence-electron chi connectivity index (χ1n) is 14.0. The highest BCUT2D eigenvalue weighted by Gasteiger charge is 2.20. The molecule has 0 aliphatic heterocycles. The van der Waals surface area contributed by atoms with Gasteiger partial charge >= 0.3 is 0 Å². The molecule has 2 amide bonds. The number of anilines is 3. The summed E-state index contributed by atoms with van der Waals surface area (Å²) in [5.74, 6) is 6.99. The molecule has 0 aliphatic carbocycles. The summed E-state index contributed by atoms with van der Waals surface area (Å²) in [7, 11) is 5.47. The van der Waals surface area contributed by atoms with E-state index in [9.17, 15) is 9.59 Å². The first kappa shape index (κ1) is 31.8. The molecular formula is C30H40N10O2.